The van der Waals surface area contributed by atoms with Crippen molar-refractivity contribution in [3.05, 3.63) is 0 Å². The Hall–Kier alpha value is 0.520. The molecule has 0 aromatic rings. The van der Waals surface area contributed by atoms with E-state index in [2.05, 4.69) is 8.37 Å². The quantitative estimate of drug-likeness (QED) is 0.314. The SMILES string of the molecule is CS(=O)(=O)OCCCSSCCCOS(C)(=O)=O. The van der Waals surface area contributed by atoms with E-state index in [4.69, 9.17) is 0 Å². The second-order valence-corrected chi connectivity index (χ2v) is 9.39. The first-order valence-corrected chi connectivity index (χ1v) is 11.3. The third kappa shape index (κ3) is 16.5. The van der Waals surface area contributed by atoms with Crippen LogP contribution in [0.4, 0.5) is 0 Å². The Morgan fingerprint density at radius 3 is 1.39 bits per heavy atom. The average molecular weight is 338 g/mol. The van der Waals surface area contributed by atoms with Crippen LogP contribution in [0.5, 0.6) is 0 Å². The summed E-state index contributed by atoms with van der Waals surface area (Å²) in [6.45, 7) is 0.396. The van der Waals surface area contributed by atoms with Gasteiger partial charge in [0.05, 0.1) is 25.7 Å². The molecule has 0 aliphatic rings. The van der Waals surface area contributed by atoms with Gasteiger partial charge in [-0.05, 0) is 12.8 Å². The van der Waals surface area contributed by atoms with Crippen LogP contribution in [0.1, 0.15) is 12.8 Å². The van der Waals surface area contributed by atoms with Gasteiger partial charge in [0.15, 0.2) is 0 Å². The molecule has 0 aromatic carbocycles. The van der Waals surface area contributed by atoms with Crippen molar-refractivity contribution >= 4 is 41.8 Å². The van der Waals surface area contributed by atoms with Crippen LogP contribution in [0.2, 0.25) is 0 Å². The summed E-state index contributed by atoms with van der Waals surface area (Å²) in [4.78, 5) is 0. The Kier molecular flexibility index (Phi) is 9.70. The summed E-state index contributed by atoms with van der Waals surface area (Å²) in [6, 6.07) is 0. The molecule has 18 heavy (non-hydrogen) atoms. The van der Waals surface area contributed by atoms with Crippen LogP contribution in [-0.4, -0.2) is 54.1 Å². The molecule has 0 rings (SSSR count). The lowest BCUT2D eigenvalue weighted by Crippen LogP contribution is -2.05. The molecule has 110 valence electrons. The highest BCUT2D eigenvalue weighted by Gasteiger charge is 2.02. The van der Waals surface area contributed by atoms with E-state index in [1.54, 1.807) is 21.6 Å². The van der Waals surface area contributed by atoms with Crippen molar-refractivity contribution in [3.8, 4) is 0 Å². The van der Waals surface area contributed by atoms with Crippen LogP contribution in [0.15, 0.2) is 0 Å². The van der Waals surface area contributed by atoms with Gasteiger partial charge in [0.1, 0.15) is 0 Å². The van der Waals surface area contributed by atoms with Gasteiger partial charge in [0, 0.05) is 11.5 Å². The molecule has 0 aromatic heterocycles. The minimum Gasteiger partial charge on any atom is -0.270 e. The van der Waals surface area contributed by atoms with Crippen LogP contribution in [0.25, 0.3) is 0 Å². The maximum atomic E-state index is 10.6. The fraction of sp³-hybridized carbons (Fsp3) is 1.00. The van der Waals surface area contributed by atoms with Crippen molar-refractivity contribution in [2.45, 2.75) is 12.8 Å². The largest absolute Gasteiger partial charge is 0.270 e. The molecule has 0 aliphatic heterocycles. The maximum absolute atomic E-state index is 10.6. The van der Waals surface area contributed by atoms with E-state index in [1.807, 2.05) is 0 Å². The molecular weight excluding hydrogens is 320 g/mol. The number of hydrogen-bond acceptors (Lipinski definition) is 8. The maximum Gasteiger partial charge on any atom is 0.264 e. The molecule has 6 nitrogen and oxygen atoms in total. The molecule has 0 saturated heterocycles. The first kappa shape index (κ1) is 18.5. The fourth-order valence-corrected chi connectivity index (χ4v) is 3.74. The minimum absolute atomic E-state index is 0.198. The predicted molar refractivity (Wildman–Crippen MR) is 75.7 cm³/mol. The first-order chi connectivity index (χ1) is 8.21. The average Bonchev–Trinajstić information content (AvgIpc) is 2.17. The summed E-state index contributed by atoms with van der Waals surface area (Å²) in [5.41, 5.74) is 0. The van der Waals surface area contributed by atoms with E-state index >= 15 is 0 Å². The lowest BCUT2D eigenvalue weighted by Gasteiger charge is -2.02. The number of hydrogen-bond donors (Lipinski definition) is 0. The van der Waals surface area contributed by atoms with Crippen LogP contribution < -0.4 is 0 Å². The molecule has 0 saturated carbocycles. The summed E-state index contributed by atoms with van der Waals surface area (Å²) < 4.78 is 51.6. The van der Waals surface area contributed by atoms with Gasteiger partial charge >= 0.3 is 0 Å². The lowest BCUT2D eigenvalue weighted by atomic mass is 10.5. The summed E-state index contributed by atoms with van der Waals surface area (Å²) in [5.74, 6) is 1.57. The molecule has 0 amide bonds. The van der Waals surface area contributed by atoms with Gasteiger partial charge in [0.25, 0.3) is 20.2 Å². The summed E-state index contributed by atoms with van der Waals surface area (Å²) in [5, 5.41) is 0. The molecular formula is C8H18O6S4. The van der Waals surface area contributed by atoms with Crippen molar-refractivity contribution in [1.82, 2.24) is 0 Å². The fourth-order valence-electron chi connectivity index (χ4n) is 0.774. The van der Waals surface area contributed by atoms with Gasteiger partial charge in [-0.2, -0.15) is 16.8 Å². The highest BCUT2D eigenvalue weighted by molar-refractivity contribution is 8.76. The topological polar surface area (TPSA) is 86.7 Å². The van der Waals surface area contributed by atoms with Crippen LogP contribution in [0.3, 0.4) is 0 Å². The van der Waals surface area contributed by atoms with E-state index in [-0.39, 0.29) is 13.2 Å². The zero-order valence-electron chi connectivity index (χ0n) is 10.3. The molecule has 0 bridgehead atoms. The molecule has 0 fully saturated rings. The van der Waals surface area contributed by atoms with Crippen molar-refractivity contribution in [2.75, 3.05) is 37.2 Å². The standard InChI is InChI=1S/C8H18O6S4/c1-17(9,10)13-5-3-7-15-16-8-4-6-14-18(2,11)12/h3-8H2,1-2H3. The molecule has 0 spiro atoms. The summed E-state index contributed by atoms with van der Waals surface area (Å²) in [6.07, 6.45) is 3.36. The third-order valence-electron chi connectivity index (χ3n) is 1.42. The Balaban J connectivity index is 3.22. The third-order valence-corrected chi connectivity index (χ3v) is 5.19. The van der Waals surface area contributed by atoms with Gasteiger partial charge in [0.2, 0.25) is 0 Å². The van der Waals surface area contributed by atoms with E-state index in [1.165, 1.54) is 0 Å². The Bertz CT molecular complexity index is 361. The first-order valence-electron chi connectivity index (χ1n) is 5.14. The van der Waals surface area contributed by atoms with Crippen molar-refractivity contribution in [1.29, 1.82) is 0 Å². The van der Waals surface area contributed by atoms with E-state index in [0.29, 0.717) is 12.8 Å². The van der Waals surface area contributed by atoms with Crippen LogP contribution in [-0.2, 0) is 28.6 Å². The molecule has 0 radical (unpaired) electrons. The highest BCUT2D eigenvalue weighted by atomic mass is 33.1. The summed E-state index contributed by atoms with van der Waals surface area (Å²) in [7, 11) is -3.47. The monoisotopic (exact) mass is 338 g/mol. The van der Waals surface area contributed by atoms with Crippen molar-refractivity contribution in [2.24, 2.45) is 0 Å². The van der Waals surface area contributed by atoms with Crippen LogP contribution in [0, 0.1) is 0 Å². The van der Waals surface area contributed by atoms with Gasteiger partial charge < -0.3 is 0 Å². The van der Waals surface area contributed by atoms with E-state index < -0.39 is 20.2 Å². The van der Waals surface area contributed by atoms with E-state index in [0.717, 1.165) is 24.0 Å². The molecule has 0 unspecified atom stereocenters. The zero-order chi connectivity index (χ0) is 14.1. The van der Waals surface area contributed by atoms with Crippen molar-refractivity contribution < 1.29 is 25.2 Å². The normalized spacial score (nSPS) is 12.8. The van der Waals surface area contributed by atoms with Crippen LogP contribution >= 0.6 is 21.6 Å². The Labute approximate surface area is 117 Å². The van der Waals surface area contributed by atoms with Gasteiger partial charge in [-0.25, -0.2) is 0 Å². The van der Waals surface area contributed by atoms with Gasteiger partial charge in [-0.3, -0.25) is 8.37 Å². The highest BCUT2D eigenvalue weighted by Crippen LogP contribution is 2.22. The van der Waals surface area contributed by atoms with E-state index in [9.17, 15) is 16.8 Å². The second-order valence-electron chi connectivity index (χ2n) is 3.40. The molecule has 10 heteroatoms. The van der Waals surface area contributed by atoms with Gasteiger partial charge in [-0.1, -0.05) is 21.6 Å². The molecule has 0 N–H and O–H groups in total. The smallest absolute Gasteiger partial charge is 0.264 e. The Morgan fingerprint density at radius 1 is 0.778 bits per heavy atom. The zero-order valence-corrected chi connectivity index (χ0v) is 13.6. The van der Waals surface area contributed by atoms with Gasteiger partial charge in [-0.15, -0.1) is 0 Å². The lowest BCUT2D eigenvalue weighted by molar-refractivity contribution is 0.322. The van der Waals surface area contributed by atoms with Crippen molar-refractivity contribution in [3.63, 3.8) is 0 Å². The molecule has 0 aliphatic carbocycles. The second kappa shape index (κ2) is 9.43. The Morgan fingerprint density at radius 2 is 1.11 bits per heavy atom. The summed E-state index contributed by atoms with van der Waals surface area (Å²) >= 11 is 0. The molecule has 0 heterocycles. The predicted octanol–water partition coefficient (Wildman–Crippen LogP) is 1.10. The number of rotatable bonds is 11. The molecule has 0 atom stereocenters. The minimum atomic E-state index is -3.33.